The van der Waals surface area contributed by atoms with E-state index in [1.165, 1.54) is 0 Å². The highest BCUT2D eigenvalue weighted by Gasteiger charge is 2.20. The summed E-state index contributed by atoms with van der Waals surface area (Å²) in [5.74, 6) is 0.0391. The molecule has 0 fully saturated rings. The molecule has 20 heavy (non-hydrogen) atoms. The van der Waals surface area contributed by atoms with E-state index in [2.05, 4.69) is 15.4 Å². The maximum Gasteiger partial charge on any atom is 0.225 e. The van der Waals surface area contributed by atoms with Crippen LogP contribution in [-0.4, -0.2) is 20.7 Å². The fourth-order valence-corrected chi connectivity index (χ4v) is 1.74. The smallest absolute Gasteiger partial charge is 0.225 e. The molecule has 0 aliphatic heterocycles. The van der Waals surface area contributed by atoms with E-state index < -0.39 is 0 Å². The minimum absolute atomic E-state index is 0.0391. The predicted octanol–water partition coefficient (Wildman–Crippen LogP) is 2.14. The maximum atomic E-state index is 11.9. The Kier molecular flexibility index (Phi) is 3.88. The second kappa shape index (κ2) is 5.45. The van der Waals surface area contributed by atoms with Gasteiger partial charge in [-0.15, -0.1) is 0 Å². The molecule has 0 bridgehead atoms. The third-order valence-electron chi connectivity index (χ3n) is 2.96. The Bertz CT molecular complexity index is 610. The third kappa shape index (κ3) is 3.44. The lowest BCUT2D eigenvalue weighted by Gasteiger charge is -2.17. The first-order valence-corrected chi connectivity index (χ1v) is 6.58. The van der Waals surface area contributed by atoms with Crippen molar-refractivity contribution in [1.82, 2.24) is 20.1 Å². The lowest BCUT2D eigenvalue weighted by Crippen LogP contribution is -2.34. The number of amides is 1. The summed E-state index contributed by atoms with van der Waals surface area (Å²) in [5.41, 5.74) is 2.48. The zero-order valence-corrected chi connectivity index (χ0v) is 12.3. The van der Waals surface area contributed by atoms with E-state index in [4.69, 9.17) is 0 Å². The molecule has 0 saturated heterocycles. The number of hydrogen-bond donors (Lipinski definition) is 1. The number of carbonyl (C=O) groups excluding carboxylic acids is 1. The largest absolute Gasteiger partial charge is 0.352 e. The normalized spacial score (nSPS) is 11.4. The topological polar surface area (TPSA) is 59.8 Å². The zero-order chi connectivity index (χ0) is 14.8. The Labute approximate surface area is 119 Å². The quantitative estimate of drug-likeness (QED) is 0.931. The number of aryl methyl sites for hydroxylation is 1. The second-order valence-corrected chi connectivity index (χ2v) is 5.88. The molecule has 2 rings (SSSR count). The van der Waals surface area contributed by atoms with E-state index in [1.54, 1.807) is 17.1 Å². The van der Waals surface area contributed by atoms with Crippen molar-refractivity contribution in [2.24, 2.45) is 12.5 Å². The van der Waals surface area contributed by atoms with E-state index in [0.29, 0.717) is 6.54 Å². The molecule has 5 nitrogen and oxygen atoms in total. The van der Waals surface area contributed by atoms with E-state index in [9.17, 15) is 4.79 Å². The van der Waals surface area contributed by atoms with Gasteiger partial charge < -0.3 is 5.32 Å². The van der Waals surface area contributed by atoms with Gasteiger partial charge in [0.15, 0.2) is 0 Å². The van der Waals surface area contributed by atoms with Crippen molar-refractivity contribution in [2.75, 3.05) is 0 Å². The van der Waals surface area contributed by atoms with Gasteiger partial charge in [-0.1, -0.05) is 20.8 Å². The minimum Gasteiger partial charge on any atom is -0.352 e. The molecule has 0 saturated carbocycles. The van der Waals surface area contributed by atoms with Crippen molar-refractivity contribution in [1.29, 1.82) is 0 Å². The third-order valence-corrected chi connectivity index (χ3v) is 2.96. The van der Waals surface area contributed by atoms with Gasteiger partial charge >= 0.3 is 0 Å². The summed E-state index contributed by atoms with van der Waals surface area (Å²) in [4.78, 5) is 16.2. The lowest BCUT2D eigenvalue weighted by molar-refractivity contribution is -0.128. The average molecular weight is 272 g/mol. The fourth-order valence-electron chi connectivity index (χ4n) is 1.74. The summed E-state index contributed by atoms with van der Waals surface area (Å²) >= 11 is 0. The van der Waals surface area contributed by atoms with Gasteiger partial charge in [-0.3, -0.25) is 14.5 Å². The molecule has 5 heteroatoms. The van der Waals surface area contributed by atoms with E-state index in [-0.39, 0.29) is 11.3 Å². The molecule has 2 aromatic heterocycles. The van der Waals surface area contributed by atoms with Gasteiger partial charge in [0.2, 0.25) is 5.91 Å². The number of aromatic nitrogens is 3. The number of nitrogens with zero attached hydrogens (tertiary/aromatic N) is 3. The van der Waals surface area contributed by atoms with Crippen LogP contribution in [0.3, 0.4) is 0 Å². The number of nitrogens with one attached hydrogen (secondary N) is 1. The van der Waals surface area contributed by atoms with Crippen LogP contribution in [0, 0.1) is 5.41 Å². The molecular formula is C15H20N4O. The maximum absolute atomic E-state index is 11.9. The number of pyridine rings is 1. The molecule has 0 radical (unpaired) electrons. The van der Waals surface area contributed by atoms with Crippen LogP contribution in [0.1, 0.15) is 26.3 Å². The van der Waals surface area contributed by atoms with Crippen LogP contribution in [0.2, 0.25) is 0 Å². The molecule has 0 aliphatic rings. The molecule has 1 N–H and O–H groups in total. The van der Waals surface area contributed by atoms with Gasteiger partial charge in [-0.05, 0) is 17.7 Å². The van der Waals surface area contributed by atoms with Crippen LogP contribution in [0.15, 0.2) is 30.7 Å². The van der Waals surface area contributed by atoms with Gasteiger partial charge in [0.25, 0.3) is 0 Å². The molecule has 0 unspecified atom stereocenters. The van der Waals surface area contributed by atoms with E-state index >= 15 is 0 Å². The Morgan fingerprint density at radius 2 is 2.15 bits per heavy atom. The zero-order valence-electron chi connectivity index (χ0n) is 12.3. The SMILES string of the molecule is Cn1cc(-c2cc(CNC(=O)C(C)(C)C)ccn2)cn1. The Morgan fingerprint density at radius 1 is 1.40 bits per heavy atom. The highest BCUT2D eigenvalue weighted by atomic mass is 16.2. The van der Waals surface area contributed by atoms with Crippen LogP contribution < -0.4 is 5.32 Å². The summed E-state index contributed by atoms with van der Waals surface area (Å²) in [6.45, 7) is 6.20. The molecule has 1 amide bonds. The average Bonchev–Trinajstić information content (AvgIpc) is 2.82. The van der Waals surface area contributed by atoms with Crippen molar-refractivity contribution >= 4 is 5.91 Å². The van der Waals surface area contributed by atoms with E-state index in [1.807, 2.05) is 46.1 Å². The molecule has 0 atom stereocenters. The van der Waals surface area contributed by atoms with Crippen LogP contribution in [0.4, 0.5) is 0 Å². The van der Waals surface area contributed by atoms with Gasteiger partial charge in [-0.25, -0.2) is 0 Å². The van der Waals surface area contributed by atoms with Crippen molar-refractivity contribution in [3.8, 4) is 11.3 Å². The lowest BCUT2D eigenvalue weighted by atomic mass is 9.95. The van der Waals surface area contributed by atoms with Crippen LogP contribution in [0.25, 0.3) is 11.3 Å². The van der Waals surface area contributed by atoms with Gasteiger partial charge in [-0.2, -0.15) is 5.10 Å². The van der Waals surface area contributed by atoms with Crippen molar-refractivity contribution in [3.05, 3.63) is 36.3 Å². The van der Waals surface area contributed by atoms with Crippen LogP contribution in [-0.2, 0) is 18.4 Å². The minimum atomic E-state index is -0.376. The number of carbonyl (C=O) groups is 1. The molecule has 0 aromatic carbocycles. The fraction of sp³-hybridized carbons (Fsp3) is 0.400. The first kappa shape index (κ1) is 14.2. The Hall–Kier alpha value is -2.17. The summed E-state index contributed by atoms with van der Waals surface area (Å²) in [5, 5.41) is 7.07. The van der Waals surface area contributed by atoms with Gasteiger partial charge in [0.1, 0.15) is 0 Å². The highest BCUT2D eigenvalue weighted by molar-refractivity contribution is 5.81. The van der Waals surface area contributed by atoms with Gasteiger partial charge in [0, 0.05) is 37.0 Å². The van der Waals surface area contributed by atoms with E-state index in [0.717, 1.165) is 16.8 Å². The summed E-state index contributed by atoms with van der Waals surface area (Å²) < 4.78 is 1.74. The molecule has 0 aliphatic carbocycles. The standard InChI is InChI=1S/C15H20N4O/c1-15(2,3)14(20)17-8-11-5-6-16-13(7-11)12-9-18-19(4)10-12/h5-7,9-10H,8H2,1-4H3,(H,17,20). The second-order valence-electron chi connectivity index (χ2n) is 5.88. The van der Waals surface area contributed by atoms with Crippen molar-refractivity contribution in [2.45, 2.75) is 27.3 Å². The monoisotopic (exact) mass is 272 g/mol. The number of hydrogen-bond acceptors (Lipinski definition) is 3. The van der Waals surface area contributed by atoms with Crippen LogP contribution >= 0.6 is 0 Å². The Morgan fingerprint density at radius 3 is 2.75 bits per heavy atom. The predicted molar refractivity (Wildman–Crippen MR) is 77.7 cm³/mol. The number of rotatable bonds is 3. The highest BCUT2D eigenvalue weighted by Crippen LogP contribution is 2.17. The molecule has 2 heterocycles. The summed E-state index contributed by atoms with van der Waals surface area (Å²) in [6.07, 6.45) is 5.45. The molecule has 106 valence electrons. The van der Waals surface area contributed by atoms with Gasteiger partial charge in [0.05, 0.1) is 11.9 Å². The Balaban J connectivity index is 2.09. The molecular weight excluding hydrogens is 252 g/mol. The first-order valence-electron chi connectivity index (χ1n) is 6.58. The first-order chi connectivity index (χ1) is 9.36. The summed E-state index contributed by atoms with van der Waals surface area (Å²) in [6, 6.07) is 3.88. The van der Waals surface area contributed by atoms with Crippen LogP contribution in [0.5, 0.6) is 0 Å². The summed E-state index contributed by atoms with van der Waals surface area (Å²) in [7, 11) is 1.87. The molecule has 0 spiro atoms. The van der Waals surface area contributed by atoms with Crippen molar-refractivity contribution < 1.29 is 4.79 Å². The molecule has 2 aromatic rings. The van der Waals surface area contributed by atoms with Crippen molar-refractivity contribution in [3.63, 3.8) is 0 Å².